The van der Waals surface area contributed by atoms with Crippen molar-refractivity contribution in [3.63, 3.8) is 0 Å². The fraction of sp³-hybridized carbons (Fsp3) is 0.333. The lowest BCUT2D eigenvalue weighted by atomic mass is 9.81. The first kappa shape index (κ1) is 14.3. The third-order valence-corrected chi connectivity index (χ3v) is 7.65. The van der Waals surface area contributed by atoms with E-state index in [2.05, 4.69) is 31.2 Å². The van der Waals surface area contributed by atoms with Crippen LogP contribution in [0.25, 0.3) is 0 Å². The largest absolute Gasteiger partial charge is 0.244 e. The highest BCUT2D eigenvalue weighted by atomic mass is 32.2. The fourth-order valence-electron chi connectivity index (χ4n) is 2.93. The van der Waals surface area contributed by atoms with Gasteiger partial charge in [0.2, 0.25) is 0 Å². The Bertz CT molecular complexity index is 796. The molecule has 0 aliphatic carbocycles. The van der Waals surface area contributed by atoms with E-state index in [1.807, 2.05) is 49.4 Å². The van der Waals surface area contributed by atoms with Gasteiger partial charge in [0.1, 0.15) is 0 Å². The first-order chi connectivity index (χ1) is 9.85. The average molecular weight is 299 g/mol. The van der Waals surface area contributed by atoms with Gasteiger partial charge in [-0.05, 0) is 37.6 Å². The molecule has 1 aliphatic rings. The lowest BCUT2D eigenvalue weighted by molar-refractivity contribution is 0.499. The maximum Gasteiger partial charge on any atom is 0.0835 e. The van der Waals surface area contributed by atoms with E-state index in [1.165, 1.54) is 11.1 Å². The maximum atomic E-state index is 13.7. The van der Waals surface area contributed by atoms with Crippen molar-refractivity contribution < 1.29 is 4.21 Å². The van der Waals surface area contributed by atoms with Crippen molar-refractivity contribution in [3.05, 3.63) is 59.7 Å². The molecule has 0 bridgehead atoms. The van der Waals surface area contributed by atoms with Gasteiger partial charge in [-0.3, -0.25) is 0 Å². The molecule has 110 valence electrons. The minimum atomic E-state index is -2.46. The second kappa shape index (κ2) is 4.70. The smallest absolute Gasteiger partial charge is 0.0835 e. The van der Waals surface area contributed by atoms with E-state index < -0.39 is 9.73 Å². The highest BCUT2D eigenvalue weighted by Crippen LogP contribution is 2.45. The fourth-order valence-corrected chi connectivity index (χ4v) is 5.51. The molecule has 1 aliphatic heterocycles. The minimum Gasteiger partial charge on any atom is -0.244 e. The molecule has 2 aromatic carbocycles. The van der Waals surface area contributed by atoms with Crippen molar-refractivity contribution in [2.75, 3.05) is 0 Å². The molecule has 2 atom stereocenters. The summed E-state index contributed by atoms with van der Waals surface area (Å²) in [6.07, 6.45) is 0. The summed E-state index contributed by atoms with van der Waals surface area (Å²) < 4.78 is 18.3. The van der Waals surface area contributed by atoms with E-state index in [0.29, 0.717) is 0 Å². The Kier molecular flexibility index (Phi) is 3.21. The summed E-state index contributed by atoms with van der Waals surface area (Å²) in [5.74, 6) is 0. The molecule has 0 spiro atoms. The van der Waals surface area contributed by atoms with E-state index >= 15 is 0 Å². The maximum absolute atomic E-state index is 13.7. The predicted molar refractivity (Wildman–Crippen MR) is 88.6 cm³/mol. The van der Waals surface area contributed by atoms with Crippen LogP contribution in [0, 0.1) is 6.92 Å². The first-order valence-electron chi connectivity index (χ1n) is 7.28. The van der Waals surface area contributed by atoms with Crippen molar-refractivity contribution in [3.8, 4) is 0 Å². The number of rotatable bonds is 1. The van der Waals surface area contributed by atoms with Gasteiger partial charge < -0.3 is 0 Å². The number of hydrogen-bond acceptors (Lipinski definition) is 2. The van der Waals surface area contributed by atoms with Crippen LogP contribution in [0.4, 0.5) is 5.69 Å². The Balaban J connectivity index is 2.30. The molecule has 0 N–H and O–H groups in total. The van der Waals surface area contributed by atoms with E-state index in [1.54, 1.807) is 0 Å². The monoisotopic (exact) mass is 299 g/mol. The van der Waals surface area contributed by atoms with Crippen molar-refractivity contribution in [2.45, 2.75) is 43.3 Å². The van der Waals surface area contributed by atoms with Crippen molar-refractivity contribution in [2.24, 2.45) is 4.36 Å². The predicted octanol–water partition coefficient (Wildman–Crippen LogP) is 4.83. The minimum absolute atomic E-state index is 0.0393. The van der Waals surface area contributed by atoms with Gasteiger partial charge in [-0.2, -0.15) is 4.36 Å². The van der Waals surface area contributed by atoms with Gasteiger partial charge in [0.15, 0.2) is 0 Å². The van der Waals surface area contributed by atoms with Crippen molar-refractivity contribution >= 4 is 15.4 Å². The van der Waals surface area contributed by atoms with Crippen molar-refractivity contribution in [1.82, 2.24) is 0 Å². The molecule has 2 nitrogen and oxygen atoms in total. The lowest BCUT2D eigenvalue weighted by Gasteiger charge is -2.38. The Morgan fingerprint density at radius 2 is 1.67 bits per heavy atom. The van der Waals surface area contributed by atoms with Gasteiger partial charge in [-0.25, -0.2) is 4.21 Å². The van der Waals surface area contributed by atoms with Crippen LogP contribution in [0.1, 0.15) is 31.9 Å². The van der Waals surface area contributed by atoms with Crippen LogP contribution in [0.3, 0.4) is 0 Å². The number of fused-ring (bicyclic) bond motifs is 1. The van der Waals surface area contributed by atoms with Crippen LogP contribution in [-0.2, 0) is 15.1 Å². The van der Waals surface area contributed by atoms with E-state index in [0.717, 1.165) is 10.6 Å². The highest BCUT2D eigenvalue weighted by molar-refractivity contribution is 7.94. The Morgan fingerprint density at radius 1 is 1.05 bits per heavy atom. The standard InChI is InChI=1S/C18H21NOS/c1-13-9-11-15(12-10-13)21(20)14(2)18(3,4)16-7-5-6-8-17(16)19-21/h5-12,14H,1-4H3/t14-,21?/m0/s1. The molecule has 0 amide bonds. The zero-order valence-electron chi connectivity index (χ0n) is 13.0. The average Bonchev–Trinajstić information content (AvgIpc) is 2.46. The summed E-state index contributed by atoms with van der Waals surface area (Å²) in [6.45, 7) is 8.43. The first-order valence-corrected chi connectivity index (χ1v) is 8.86. The summed E-state index contributed by atoms with van der Waals surface area (Å²) >= 11 is 0. The van der Waals surface area contributed by atoms with E-state index in [9.17, 15) is 4.21 Å². The Morgan fingerprint density at radius 3 is 2.33 bits per heavy atom. The van der Waals surface area contributed by atoms with Gasteiger partial charge in [0, 0.05) is 10.3 Å². The van der Waals surface area contributed by atoms with Crippen LogP contribution in [0.2, 0.25) is 0 Å². The summed E-state index contributed by atoms with van der Waals surface area (Å²) in [5, 5.41) is -0.0393. The Labute approximate surface area is 127 Å². The van der Waals surface area contributed by atoms with Gasteiger partial charge >= 0.3 is 0 Å². The van der Waals surface area contributed by atoms with Crippen LogP contribution < -0.4 is 0 Å². The molecule has 3 rings (SSSR count). The van der Waals surface area contributed by atoms with E-state index in [-0.39, 0.29) is 10.7 Å². The van der Waals surface area contributed by atoms with Gasteiger partial charge in [-0.15, -0.1) is 0 Å². The van der Waals surface area contributed by atoms with Crippen LogP contribution in [-0.4, -0.2) is 9.46 Å². The SMILES string of the molecule is Cc1ccc(S2(=O)=Nc3ccccc3C(C)(C)[C@@H]2C)cc1. The number of benzene rings is 2. The molecule has 2 aromatic rings. The molecular weight excluding hydrogens is 278 g/mol. The lowest BCUT2D eigenvalue weighted by Crippen LogP contribution is -2.39. The summed E-state index contributed by atoms with van der Waals surface area (Å²) in [7, 11) is -2.46. The van der Waals surface area contributed by atoms with Crippen LogP contribution in [0.15, 0.2) is 57.8 Å². The zero-order chi connectivity index (χ0) is 15.3. The van der Waals surface area contributed by atoms with Crippen LogP contribution >= 0.6 is 0 Å². The molecule has 0 radical (unpaired) electrons. The third kappa shape index (κ3) is 2.11. The normalized spacial score (nSPS) is 26.8. The summed E-state index contributed by atoms with van der Waals surface area (Å²) in [4.78, 5) is 0.836. The number of aryl methyl sites for hydroxylation is 1. The second-order valence-electron chi connectivity index (χ2n) is 6.35. The van der Waals surface area contributed by atoms with Crippen molar-refractivity contribution in [1.29, 1.82) is 0 Å². The van der Waals surface area contributed by atoms with Gasteiger partial charge in [0.05, 0.1) is 20.7 Å². The molecule has 1 unspecified atom stereocenters. The second-order valence-corrected chi connectivity index (χ2v) is 8.85. The molecule has 0 aromatic heterocycles. The summed E-state index contributed by atoms with van der Waals surface area (Å²) in [6, 6.07) is 16.0. The highest BCUT2D eigenvalue weighted by Gasteiger charge is 2.41. The topological polar surface area (TPSA) is 29.4 Å². The number of nitrogens with zero attached hydrogens (tertiary/aromatic N) is 1. The quantitative estimate of drug-likeness (QED) is 0.741. The molecule has 0 saturated carbocycles. The Hall–Kier alpha value is -1.61. The number of hydrogen-bond donors (Lipinski definition) is 0. The molecule has 0 saturated heterocycles. The molecule has 1 heterocycles. The van der Waals surface area contributed by atoms with Crippen LogP contribution in [0.5, 0.6) is 0 Å². The molecule has 0 fully saturated rings. The van der Waals surface area contributed by atoms with E-state index in [4.69, 9.17) is 0 Å². The summed E-state index contributed by atoms with van der Waals surface area (Å²) in [5.41, 5.74) is 3.06. The third-order valence-electron chi connectivity index (χ3n) is 4.69. The van der Waals surface area contributed by atoms with Gasteiger partial charge in [0.25, 0.3) is 0 Å². The molecular formula is C18H21NOS. The zero-order valence-corrected chi connectivity index (χ0v) is 13.8. The van der Waals surface area contributed by atoms with Gasteiger partial charge in [-0.1, -0.05) is 49.7 Å². The molecule has 21 heavy (non-hydrogen) atoms. The molecule has 3 heteroatoms.